The zero-order valence-electron chi connectivity index (χ0n) is 9.10. The molecule has 86 valence electrons. The van der Waals surface area contributed by atoms with E-state index in [1.165, 1.54) is 12.1 Å². The van der Waals surface area contributed by atoms with Gasteiger partial charge < -0.3 is 10.2 Å². The van der Waals surface area contributed by atoms with Gasteiger partial charge in [-0.05, 0) is 35.4 Å². The molecule has 0 heterocycles. The van der Waals surface area contributed by atoms with Crippen LogP contribution in [0.1, 0.15) is 26.3 Å². The highest BCUT2D eigenvalue weighted by Crippen LogP contribution is 2.26. The monoisotopic (exact) mass is 230 g/mol. The minimum absolute atomic E-state index is 0.119. The van der Waals surface area contributed by atoms with Crippen molar-refractivity contribution in [1.82, 2.24) is 0 Å². The summed E-state index contributed by atoms with van der Waals surface area (Å²) in [4.78, 5) is 22.2. The lowest BCUT2D eigenvalue weighted by Gasteiger charge is -2.08. The molecule has 0 saturated heterocycles. The molecule has 0 saturated carbocycles. The average molecular weight is 230 g/mol. The first-order chi connectivity index (χ1) is 8.02. The summed E-state index contributed by atoms with van der Waals surface area (Å²) in [6.07, 6.45) is 0. The maximum absolute atomic E-state index is 11.1. The van der Waals surface area contributed by atoms with E-state index in [-0.39, 0.29) is 11.1 Å². The Balaban J connectivity index is 2.95. The summed E-state index contributed by atoms with van der Waals surface area (Å²) in [5.74, 6) is -2.11. The molecule has 4 heteroatoms. The van der Waals surface area contributed by atoms with Gasteiger partial charge in [0.15, 0.2) is 0 Å². The largest absolute Gasteiger partial charge is 0.478 e. The first kappa shape index (κ1) is 11.1. The fourth-order valence-electron chi connectivity index (χ4n) is 1.95. The van der Waals surface area contributed by atoms with Crippen LogP contribution in [0.15, 0.2) is 30.3 Å². The molecular formula is C13H10O4. The number of benzene rings is 2. The molecule has 0 aliphatic carbocycles. The molecular weight excluding hydrogens is 220 g/mol. The van der Waals surface area contributed by atoms with Crippen LogP contribution in [0.4, 0.5) is 0 Å². The number of hydrogen-bond acceptors (Lipinski definition) is 2. The number of hydrogen-bond donors (Lipinski definition) is 2. The molecule has 0 aromatic heterocycles. The van der Waals surface area contributed by atoms with Crippen LogP contribution in [-0.4, -0.2) is 22.2 Å². The number of carbonyl (C=O) groups is 2. The fourth-order valence-corrected chi connectivity index (χ4v) is 1.95. The number of aryl methyl sites for hydroxylation is 1. The van der Waals surface area contributed by atoms with Crippen LogP contribution in [0.25, 0.3) is 10.8 Å². The number of carboxylic acid groups (broad SMARTS) is 2. The average Bonchev–Trinajstić information content (AvgIpc) is 2.28. The van der Waals surface area contributed by atoms with Gasteiger partial charge in [-0.3, -0.25) is 0 Å². The molecule has 2 N–H and O–H groups in total. The summed E-state index contributed by atoms with van der Waals surface area (Å²) in [6.45, 7) is 1.76. The van der Waals surface area contributed by atoms with Gasteiger partial charge in [0.05, 0.1) is 11.1 Å². The van der Waals surface area contributed by atoms with Crippen LogP contribution >= 0.6 is 0 Å². The van der Waals surface area contributed by atoms with Gasteiger partial charge in [-0.15, -0.1) is 0 Å². The molecule has 0 amide bonds. The standard InChI is InChI=1S/C13H10O4/c1-7-5-6-9(12(14)15)8-3-2-4-10(11(7)8)13(16)17/h2-6H,1H3,(H,14,15)(H,16,17). The first-order valence-electron chi connectivity index (χ1n) is 5.01. The Labute approximate surface area is 97.1 Å². The van der Waals surface area contributed by atoms with Crippen molar-refractivity contribution >= 4 is 22.7 Å². The van der Waals surface area contributed by atoms with Gasteiger partial charge in [0.25, 0.3) is 0 Å². The summed E-state index contributed by atoms with van der Waals surface area (Å²) >= 11 is 0. The lowest BCUT2D eigenvalue weighted by Crippen LogP contribution is -2.03. The topological polar surface area (TPSA) is 74.6 Å². The second-order valence-corrected chi connectivity index (χ2v) is 3.77. The molecule has 2 rings (SSSR count). The molecule has 0 aliphatic rings. The van der Waals surface area contributed by atoms with Crippen molar-refractivity contribution in [3.05, 3.63) is 47.0 Å². The van der Waals surface area contributed by atoms with Gasteiger partial charge in [0.1, 0.15) is 0 Å². The molecule has 2 aromatic carbocycles. The predicted molar refractivity (Wildman–Crippen MR) is 62.6 cm³/mol. The summed E-state index contributed by atoms with van der Waals surface area (Å²) in [6, 6.07) is 7.77. The Kier molecular flexibility index (Phi) is 2.55. The minimum atomic E-state index is -1.06. The Morgan fingerprint density at radius 1 is 0.941 bits per heavy atom. The molecule has 0 atom stereocenters. The van der Waals surface area contributed by atoms with Crippen molar-refractivity contribution in [3.63, 3.8) is 0 Å². The fraction of sp³-hybridized carbons (Fsp3) is 0.0769. The Hall–Kier alpha value is -2.36. The van der Waals surface area contributed by atoms with E-state index < -0.39 is 11.9 Å². The zero-order chi connectivity index (χ0) is 12.6. The van der Waals surface area contributed by atoms with Crippen LogP contribution in [0.2, 0.25) is 0 Å². The van der Waals surface area contributed by atoms with Gasteiger partial charge >= 0.3 is 11.9 Å². The molecule has 0 fully saturated rings. The molecule has 0 radical (unpaired) electrons. The van der Waals surface area contributed by atoms with E-state index in [9.17, 15) is 9.59 Å². The van der Waals surface area contributed by atoms with Crippen molar-refractivity contribution < 1.29 is 19.8 Å². The van der Waals surface area contributed by atoms with Gasteiger partial charge in [-0.25, -0.2) is 9.59 Å². The van der Waals surface area contributed by atoms with E-state index in [1.807, 2.05) is 0 Å². The molecule has 17 heavy (non-hydrogen) atoms. The Morgan fingerprint density at radius 2 is 1.59 bits per heavy atom. The highest BCUT2D eigenvalue weighted by Gasteiger charge is 2.15. The van der Waals surface area contributed by atoms with Crippen LogP contribution in [0.3, 0.4) is 0 Å². The second kappa shape index (κ2) is 3.90. The van der Waals surface area contributed by atoms with Crippen LogP contribution < -0.4 is 0 Å². The first-order valence-corrected chi connectivity index (χ1v) is 5.01. The SMILES string of the molecule is Cc1ccc(C(=O)O)c2cccc(C(=O)O)c12. The van der Waals surface area contributed by atoms with Crippen molar-refractivity contribution in [3.8, 4) is 0 Å². The van der Waals surface area contributed by atoms with Gasteiger partial charge in [-0.1, -0.05) is 18.2 Å². The third-order valence-corrected chi connectivity index (χ3v) is 2.71. The van der Waals surface area contributed by atoms with Crippen molar-refractivity contribution in [2.45, 2.75) is 6.92 Å². The molecule has 0 unspecified atom stereocenters. The van der Waals surface area contributed by atoms with Gasteiger partial charge in [0.2, 0.25) is 0 Å². The second-order valence-electron chi connectivity index (χ2n) is 3.77. The van der Waals surface area contributed by atoms with Gasteiger partial charge in [-0.2, -0.15) is 0 Å². The van der Waals surface area contributed by atoms with E-state index in [2.05, 4.69) is 0 Å². The summed E-state index contributed by atoms with van der Waals surface area (Å²) < 4.78 is 0. The molecule has 4 nitrogen and oxygen atoms in total. The van der Waals surface area contributed by atoms with Crippen molar-refractivity contribution in [2.24, 2.45) is 0 Å². The number of carboxylic acids is 2. The minimum Gasteiger partial charge on any atom is -0.478 e. The molecule has 0 spiro atoms. The van der Waals surface area contributed by atoms with Gasteiger partial charge in [0, 0.05) is 0 Å². The van der Waals surface area contributed by atoms with Crippen LogP contribution in [-0.2, 0) is 0 Å². The number of rotatable bonds is 2. The maximum Gasteiger partial charge on any atom is 0.336 e. The third kappa shape index (κ3) is 1.73. The Morgan fingerprint density at radius 3 is 2.18 bits per heavy atom. The maximum atomic E-state index is 11.1. The highest BCUT2D eigenvalue weighted by atomic mass is 16.4. The normalized spacial score (nSPS) is 10.4. The summed E-state index contributed by atoms with van der Waals surface area (Å²) in [5, 5.41) is 19.1. The van der Waals surface area contributed by atoms with Crippen LogP contribution in [0, 0.1) is 6.92 Å². The van der Waals surface area contributed by atoms with E-state index in [0.29, 0.717) is 10.8 Å². The number of aromatic carboxylic acids is 2. The lowest BCUT2D eigenvalue weighted by molar-refractivity contribution is 0.0686. The molecule has 0 bridgehead atoms. The molecule has 0 aliphatic heterocycles. The van der Waals surface area contributed by atoms with Crippen molar-refractivity contribution in [2.75, 3.05) is 0 Å². The highest BCUT2D eigenvalue weighted by molar-refractivity contribution is 6.11. The molecule has 2 aromatic rings. The zero-order valence-corrected chi connectivity index (χ0v) is 9.10. The van der Waals surface area contributed by atoms with E-state index in [4.69, 9.17) is 10.2 Å². The number of fused-ring (bicyclic) bond motifs is 1. The summed E-state index contributed by atoms with van der Waals surface area (Å²) in [5.41, 5.74) is 1.000. The van der Waals surface area contributed by atoms with E-state index in [1.54, 1.807) is 25.1 Å². The Bertz CT molecular complexity index is 629. The van der Waals surface area contributed by atoms with E-state index >= 15 is 0 Å². The lowest BCUT2D eigenvalue weighted by atomic mass is 9.96. The van der Waals surface area contributed by atoms with E-state index in [0.717, 1.165) is 5.56 Å². The smallest absolute Gasteiger partial charge is 0.336 e. The summed E-state index contributed by atoms with van der Waals surface area (Å²) in [7, 11) is 0. The van der Waals surface area contributed by atoms with Crippen LogP contribution in [0.5, 0.6) is 0 Å². The van der Waals surface area contributed by atoms with Crippen molar-refractivity contribution in [1.29, 1.82) is 0 Å². The quantitative estimate of drug-likeness (QED) is 0.831. The predicted octanol–water partition coefficient (Wildman–Crippen LogP) is 2.54. The third-order valence-electron chi connectivity index (χ3n) is 2.71.